The average molecular weight is 453 g/mol. The van der Waals surface area contributed by atoms with E-state index in [1.807, 2.05) is 6.07 Å². The predicted octanol–water partition coefficient (Wildman–Crippen LogP) is 2.25. The zero-order valence-corrected chi connectivity index (χ0v) is 18.2. The molecule has 0 saturated carbocycles. The second-order valence-electron chi connectivity index (χ2n) is 7.69. The first kappa shape index (κ1) is 23.6. The van der Waals surface area contributed by atoms with E-state index in [0.29, 0.717) is 18.8 Å². The Morgan fingerprint density at radius 1 is 1.09 bits per heavy atom. The molecule has 0 radical (unpaired) electrons. The molecule has 0 spiro atoms. The van der Waals surface area contributed by atoms with E-state index in [-0.39, 0.29) is 12.0 Å². The van der Waals surface area contributed by atoms with Crippen LogP contribution in [0.5, 0.6) is 0 Å². The molecule has 33 heavy (non-hydrogen) atoms. The molecule has 10 nitrogen and oxygen atoms in total. The first-order valence-corrected chi connectivity index (χ1v) is 10.7. The highest BCUT2D eigenvalue weighted by Crippen LogP contribution is 2.16. The van der Waals surface area contributed by atoms with Gasteiger partial charge in [-0.25, -0.2) is 14.6 Å². The third-order valence-electron chi connectivity index (χ3n) is 5.35. The summed E-state index contributed by atoms with van der Waals surface area (Å²) in [7, 11) is 0. The maximum Gasteiger partial charge on any atom is 0.339 e. The lowest BCUT2D eigenvalue weighted by atomic mass is 10.1. The monoisotopic (exact) mass is 452 g/mol. The molecule has 1 unspecified atom stereocenters. The van der Waals surface area contributed by atoms with Crippen LogP contribution in [0, 0.1) is 0 Å². The number of nitrogens with zero attached hydrogens (tertiary/aromatic N) is 3. The molecular weight excluding hydrogens is 424 g/mol. The highest BCUT2D eigenvalue weighted by atomic mass is 16.4. The van der Waals surface area contributed by atoms with Crippen molar-refractivity contribution >= 4 is 29.9 Å². The number of carboxylic acids is 1. The average Bonchev–Trinajstić information content (AvgIpc) is 2.85. The Morgan fingerprint density at radius 2 is 1.82 bits per heavy atom. The predicted molar refractivity (Wildman–Crippen MR) is 124 cm³/mol. The molecule has 2 aromatic rings. The molecule has 10 heteroatoms. The standard InChI is InChI=1S/C23H28N6O4/c24-26-16-25-19-11-7-10-18(15-19)21(30)27-29(23(33)28-12-5-2-6-13-28)20(22(31)32)14-17-8-3-1-4-9-17/h1,3-4,7-11,15-16,20H,2,5-6,12-14,24H2,(H,25,26)(H,27,30)(H,31,32). The zero-order valence-electron chi connectivity index (χ0n) is 18.2. The summed E-state index contributed by atoms with van der Waals surface area (Å²) in [6.45, 7) is 1.03. The number of piperidine rings is 1. The number of carbonyl (C=O) groups is 3. The molecule has 174 valence electrons. The van der Waals surface area contributed by atoms with Gasteiger partial charge >= 0.3 is 12.0 Å². The van der Waals surface area contributed by atoms with E-state index >= 15 is 0 Å². The van der Waals surface area contributed by atoms with Gasteiger partial charge in [0, 0.05) is 30.8 Å². The zero-order chi connectivity index (χ0) is 23.6. The van der Waals surface area contributed by atoms with Gasteiger partial charge in [0.25, 0.3) is 5.91 Å². The van der Waals surface area contributed by atoms with E-state index in [1.54, 1.807) is 53.4 Å². The maximum atomic E-state index is 13.3. The van der Waals surface area contributed by atoms with Crippen molar-refractivity contribution in [2.45, 2.75) is 31.7 Å². The van der Waals surface area contributed by atoms with E-state index in [0.717, 1.165) is 29.8 Å². The lowest BCUT2D eigenvalue weighted by Gasteiger charge is -2.35. The molecule has 3 rings (SSSR count). The number of nitrogens with two attached hydrogens (primary N) is 1. The molecule has 1 fully saturated rings. The summed E-state index contributed by atoms with van der Waals surface area (Å²) < 4.78 is 0. The van der Waals surface area contributed by atoms with Gasteiger partial charge in [-0.15, -0.1) is 0 Å². The van der Waals surface area contributed by atoms with Crippen molar-refractivity contribution in [2.75, 3.05) is 18.4 Å². The summed E-state index contributed by atoms with van der Waals surface area (Å²) in [5, 5.41) is 17.1. The molecule has 1 aliphatic heterocycles. The number of amides is 3. The largest absolute Gasteiger partial charge is 0.480 e. The third-order valence-corrected chi connectivity index (χ3v) is 5.35. The van der Waals surface area contributed by atoms with Crippen molar-refractivity contribution < 1.29 is 19.5 Å². The lowest BCUT2D eigenvalue weighted by molar-refractivity contribution is -0.143. The topological polar surface area (TPSA) is 140 Å². The molecule has 1 heterocycles. The van der Waals surface area contributed by atoms with Crippen molar-refractivity contribution in [1.29, 1.82) is 0 Å². The van der Waals surface area contributed by atoms with Gasteiger partial charge in [0.15, 0.2) is 6.04 Å². The number of carboxylic acid groups (broad SMARTS) is 1. The Labute approximate surface area is 192 Å². The number of urea groups is 1. The summed E-state index contributed by atoms with van der Waals surface area (Å²) in [5.74, 6) is 3.28. The minimum absolute atomic E-state index is 0.0462. The summed E-state index contributed by atoms with van der Waals surface area (Å²) >= 11 is 0. The van der Waals surface area contributed by atoms with Gasteiger partial charge in [-0.2, -0.15) is 5.10 Å². The Hall–Kier alpha value is -4.08. The third kappa shape index (κ3) is 6.45. The van der Waals surface area contributed by atoms with Crippen LogP contribution in [0.3, 0.4) is 0 Å². The number of rotatable bonds is 7. The Kier molecular flexibility index (Phi) is 8.23. The number of hydrogen-bond acceptors (Lipinski definition) is 5. The highest BCUT2D eigenvalue weighted by molar-refractivity contribution is 5.97. The molecule has 3 amide bonds. The van der Waals surface area contributed by atoms with Crippen LogP contribution in [0.2, 0.25) is 0 Å². The normalized spacial score (nSPS) is 14.5. The second kappa shape index (κ2) is 11.5. The quantitative estimate of drug-likeness (QED) is 0.220. The fraction of sp³-hybridized carbons (Fsp3) is 0.304. The van der Waals surface area contributed by atoms with Crippen molar-refractivity contribution in [1.82, 2.24) is 15.3 Å². The lowest BCUT2D eigenvalue weighted by Crippen LogP contribution is -2.60. The maximum absolute atomic E-state index is 13.3. The number of hydrazine groups is 1. The SMILES string of the molecule is NN=CNc1cccc(C(=O)NN(C(=O)N2CCCCC2)C(Cc2ccccc2)C(=O)O)c1. The summed E-state index contributed by atoms with van der Waals surface area (Å²) in [6, 6.07) is 13.7. The van der Waals surface area contributed by atoms with Gasteiger partial charge in [-0.05, 0) is 43.0 Å². The molecule has 0 aliphatic carbocycles. The van der Waals surface area contributed by atoms with Gasteiger partial charge in [0.05, 0.1) is 0 Å². The van der Waals surface area contributed by atoms with E-state index in [9.17, 15) is 19.5 Å². The highest BCUT2D eigenvalue weighted by Gasteiger charge is 2.35. The summed E-state index contributed by atoms with van der Waals surface area (Å²) in [5.41, 5.74) is 4.09. The first-order valence-electron chi connectivity index (χ1n) is 10.7. The van der Waals surface area contributed by atoms with E-state index in [1.165, 1.54) is 6.34 Å². The number of aliphatic carboxylic acids is 1. The van der Waals surface area contributed by atoms with Crippen LogP contribution in [0.25, 0.3) is 0 Å². The summed E-state index contributed by atoms with van der Waals surface area (Å²) in [4.78, 5) is 40.2. The number of anilines is 1. The number of hydrazone groups is 1. The minimum Gasteiger partial charge on any atom is -0.480 e. The second-order valence-corrected chi connectivity index (χ2v) is 7.69. The Bertz CT molecular complexity index is 991. The van der Waals surface area contributed by atoms with Crippen molar-refractivity contribution in [3.8, 4) is 0 Å². The van der Waals surface area contributed by atoms with Crippen molar-refractivity contribution in [3.05, 3.63) is 65.7 Å². The molecule has 1 atom stereocenters. The molecule has 2 aromatic carbocycles. The van der Waals surface area contributed by atoms with E-state index < -0.39 is 23.9 Å². The molecule has 5 N–H and O–H groups in total. The number of nitrogens with one attached hydrogen (secondary N) is 2. The Balaban J connectivity index is 1.87. The number of hydrogen-bond donors (Lipinski definition) is 4. The molecule has 1 saturated heterocycles. The fourth-order valence-electron chi connectivity index (χ4n) is 3.66. The Morgan fingerprint density at radius 3 is 2.48 bits per heavy atom. The fourth-order valence-corrected chi connectivity index (χ4v) is 3.66. The molecular formula is C23H28N6O4. The van der Waals surface area contributed by atoms with Gasteiger partial charge < -0.3 is 21.2 Å². The number of likely N-dealkylation sites (tertiary alicyclic amines) is 1. The van der Waals surface area contributed by atoms with Crippen LogP contribution in [0.1, 0.15) is 35.2 Å². The van der Waals surface area contributed by atoms with Crippen LogP contribution in [-0.2, 0) is 11.2 Å². The van der Waals surface area contributed by atoms with E-state index in [2.05, 4.69) is 15.8 Å². The molecule has 0 aromatic heterocycles. The van der Waals surface area contributed by atoms with Gasteiger partial charge in [0.1, 0.15) is 6.34 Å². The van der Waals surface area contributed by atoms with Crippen LogP contribution in [0.4, 0.5) is 10.5 Å². The van der Waals surface area contributed by atoms with Gasteiger partial charge in [0.2, 0.25) is 0 Å². The molecule has 1 aliphatic rings. The van der Waals surface area contributed by atoms with Crippen LogP contribution in [0.15, 0.2) is 59.7 Å². The summed E-state index contributed by atoms with van der Waals surface area (Å²) in [6.07, 6.45) is 3.99. The van der Waals surface area contributed by atoms with Crippen LogP contribution < -0.4 is 16.6 Å². The minimum atomic E-state index is -1.28. The molecule has 0 bridgehead atoms. The van der Waals surface area contributed by atoms with Crippen molar-refractivity contribution in [2.24, 2.45) is 10.9 Å². The number of benzene rings is 2. The van der Waals surface area contributed by atoms with Crippen LogP contribution >= 0.6 is 0 Å². The first-order chi connectivity index (χ1) is 16.0. The van der Waals surface area contributed by atoms with Crippen molar-refractivity contribution in [3.63, 3.8) is 0 Å². The number of carbonyl (C=O) groups excluding carboxylic acids is 2. The van der Waals surface area contributed by atoms with Gasteiger partial charge in [-0.3, -0.25) is 10.2 Å². The van der Waals surface area contributed by atoms with E-state index in [4.69, 9.17) is 5.84 Å². The van der Waals surface area contributed by atoms with Crippen LogP contribution in [-0.4, -0.2) is 58.4 Å². The van der Waals surface area contributed by atoms with Gasteiger partial charge in [-0.1, -0.05) is 36.4 Å². The smallest absolute Gasteiger partial charge is 0.339 e.